The number of halogens is 1. The summed E-state index contributed by atoms with van der Waals surface area (Å²) in [5.74, 6) is -0.723. The molecule has 0 radical (unpaired) electrons. The van der Waals surface area contributed by atoms with Gasteiger partial charge in [-0.1, -0.05) is 24.6 Å². The number of carbonyl (C=O) groups is 2. The Kier molecular flexibility index (Phi) is 5.98. The predicted octanol–water partition coefficient (Wildman–Crippen LogP) is 1.35. The highest BCUT2D eigenvalue weighted by molar-refractivity contribution is 6.30. The highest BCUT2D eigenvalue weighted by Crippen LogP contribution is 2.10. The van der Waals surface area contributed by atoms with Gasteiger partial charge in [-0.05, 0) is 31.5 Å². The molecule has 20 heavy (non-hydrogen) atoms. The van der Waals surface area contributed by atoms with Crippen LogP contribution in [0.4, 0.5) is 0 Å². The van der Waals surface area contributed by atoms with Gasteiger partial charge < -0.3 is 15.7 Å². The molecule has 1 rings (SSSR count). The van der Waals surface area contributed by atoms with Crippen molar-refractivity contribution in [2.75, 3.05) is 13.1 Å². The van der Waals surface area contributed by atoms with Crippen LogP contribution in [0.25, 0.3) is 0 Å². The monoisotopic (exact) mass is 298 g/mol. The van der Waals surface area contributed by atoms with Crippen LogP contribution in [0.3, 0.4) is 0 Å². The largest absolute Gasteiger partial charge is 0.388 e. The second kappa shape index (κ2) is 7.26. The molecule has 0 bridgehead atoms. The number of carbonyl (C=O) groups excluding carboxylic acids is 2. The molecule has 1 atom stereocenters. The lowest BCUT2D eigenvalue weighted by molar-refractivity contribution is -0.121. The van der Waals surface area contributed by atoms with E-state index in [1.165, 1.54) is 6.07 Å². The maximum atomic E-state index is 11.8. The van der Waals surface area contributed by atoms with Gasteiger partial charge in [0.05, 0.1) is 12.1 Å². The zero-order valence-corrected chi connectivity index (χ0v) is 12.3. The van der Waals surface area contributed by atoms with E-state index in [-0.39, 0.29) is 24.9 Å². The van der Waals surface area contributed by atoms with Crippen molar-refractivity contribution in [1.29, 1.82) is 0 Å². The molecule has 6 heteroatoms. The minimum Gasteiger partial charge on any atom is -0.388 e. The highest BCUT2D eigenvalue weighted by Gasteiger charge is 2.18. The average molecular weight is 299 g/mol. The van der Waals surface area contributed by atoms with E-state index < -0.39 is 5.60 Å². The first-order valence-electron chi connectivity index (χ1n) is 6.37. The first-order chi connectivity index (χ1) is 9.34. The molecule has 110 valence electrons. The third-order valence-electron chi connectivity index (χ3n) is 2.92. The van der Waals surface area contributed by atoms with E-state index in [9.17, 15) is 14.7 Å². The summed E-state index contributed by atoms with van der Waals surface area (Å²) in [6, 6.07) is 6.46. The first-order valence-corrected chi connectivity index (χ1v) is 6.75. The van der Waals surface area contributed by atoms with Gasteiger partial charge in [-0.15, -0.1) is 0 Å². The van der Waals surface area contributed by atoms with Crippen LogP contribution in [0, 0.1) is 0 Å². The summed E-state index contributed by atoms with van der Waals surface area (Å²) in [5.41, 5.74) is -0.544. The molecular formula is C14H19ClN2O3. The Bertz CT molecular complexity index is 489. The Hall–Kier alpha value is -1.59. The van der Waals surface area contributed by atoms with E-state index >= 15 is 0 Å². The van der Waals surface area contributed by atoms with Crippen LogP contribution in [0.2, 0.25) is 5.02 Å². The van der Waals surface area contributed by atoms with Gasteiger partial charge in [0.1, 0.15) is 0 Å². The fourth-order valence-electron chi connectivity index (χ4n) is 1.37. The van der Waals surface area contributed by atoms with Gasteiger partial charge in [0, 0.05) is 17.1 Å². The Morgan fingerprint density at radius 2 is 2.05 bits per heavy atom. The highest BCUT2D eigenvalue weighted by atomic mass is 35.5. The molecule has 3 N–H and O–H groups in total. The molecular weight excluding hydrogens is 280 g/mol. The van der Waals surface area contributed by atoms with E-state index in [1.807, 2.05) is 6.92 Å². The molecule has 0 aliphatic heterocycles. The number of benzene rings is 1. The number of aliphatic hydroxyl groups is 1. The quantitative estimate of drug-likeness (QED) is 0.742. The van der Waals surface area contributed by atoms with Crippen molar-refractivity contribution in [2.24, 2.45) is 0 Å². The normalized spacial score (nSPS) is 13.4. The van der Waals surface area contributed by atoms with Crippen molar-refractivity contribution in [3.8, 4) is 0 Å². The molecule has 1 aromatic rings. The molecule has 0 saturated carbocycles. The molecule has 1 aromatic carbocycles. The van der Waals surface area contributed by atoms with Gasteiger partial charge in [-0.3, -0.25) is 9.59 Å². The van der Waals surface area contributed by atoms with Gasteiger partial charge >= 0.3 is 0 Å². The third-order valence-corrected chi connectivity index (χ3v) is 3.16. The summed E-state index contributed by atoms with van der Waals surface area (Å²) in [6.45, 7) is 3.46. The third kappa shape index (κ3) is 5.59. The number of amides is 2. The van der Waals surface area contributed by atoms with E-state index in [0.717, 1.165) is 0 Å². The SMILES string of the molecule is CCC(C)(O)CNC(=O)CNC(=O)c1cccc(Cl)c1. The fourth-order valence-corrected chi connectivity index (χ4v) is 1.56. The van der Waals surface area contributed by atoms with Gasteiger partial charge in [0.15, 0.2) is 0 Å². The molecule has 0 saturated heterocycles. The van der Waals surface area contributed by atoms with Crippen molar-refractivity contribution < 1.29 is 14.7 Å². The Morgan fingerprint density at radius 3 is 2.65 bits per heavy atom. The molecule has 0 aromatic heterocycles. The van der Waals surface area contributed by atoms with Crippen LogP contribution < -0.4 is 10.6 Å². The standard InChI is InChI=1S/C14H19ClN2O3/c1-3-14(2,20)9-17-12(18)8-16-13(19)10-5-4-6-11(15)7-10/h4-7,20H,3,8-9H2,1-2H3,(H,16,19)(H,17,18). The molecule has 0 aliphatic carbocycles. The second-order valence-electron chi connectivity index (χ2n) is 4.82. The lowest BCUT2D eigenvalue weighted by Crippen LogP contribution is -2.44. The van der Waals surface area contributed by atoms with Crippen LogP contribution in [0.15, 0.2) is 24.3 Å². The van der Waals surface area contributed by atoms with Crippen molar-refractivity contribution in [1.82, 2.24) is 10.6 Å². The molecule has 1 unspecified atom stereocenters. The van der Waals surface area contributed by atoms with Crippen LogP contribution in [-0.2, 0) is 4.79 Å². The predicted molar refractivity (Wildman–Crippen MR) is 77.7 cm³/mol. The fraction of sp³-hybridized carbons (Fsp3) is 0.429. The Balaban J connectivity index is 2.40. The van der Waals surface area contributed by atoms with Crippen LogP contribution in [-0.4, -0.2) is 35.6 Å². The molecule has 0 fully saturated rings. The molecule has 0 aliphatic rings. The lowest BCUT2D eigenvalue weighted by atomic mass is 10.0. The van der Waals surface area contributed by atoms with Crippen molar-refractivity contribution in [3.05, 3.63) is 34.9 Å². The van der Waals surface area contributed by atoms with Crippen LogP contribution in [0.1, 0.15) is 30.6 Å². The second-order valence-corrected chi connectivity index (χ2v) is 5.26. The van der Waals surface area contributed by atoms with Gasteiger partial charge in [0.2, 0.25) is 5.91 Å². The maximum Gasteiger partial charge on any atom is 0.251 e. The number of hydrogen-bond acceptors (Lipinski definition) is 3. The topological polar surface area (TPSA) is 78.4 Å². The van der Waals surface area contributed by atoms with Crippen LogP contribution >= 0.6 is 11.6 Å². The maximum absolute atomic E-state index is 11.8. The summed E-state index contributed by atoms with van der Waals surface area (Å²) < 4.78 is 0. The minimum absolute atomic E-state index is 0.148. The zero-order chi connectivity index (χ0) is 15.2. The van der Waals surface area contributed by atoms with E-state index in [4.69, 9.17) is 11.6 Å². The molecule has 0 heterocycles. The first kappa shape index (κ1) is 16.5. The van der Waals surface area contributed by atoms with Crippen molar-refractivity contribution in [2.45, 2.75) is 25.9 Å². The van der Waals surface area contributed by atoms with Gasteiger partial charge in [0.25, 0.3) is 5.91 Å². The minimum atomic E-state index is -0.938. The van der Waals surface area contributed by atoms with Crippen LogP contribution in [0.5, 0.6) is 0 Å². The van der Waals surface area contributed by atoms with Gasteiger partial charge in [-0.25, -0.2) is 0 Å². The summed E-state index contributed by atoms with van der Waals surface area (Å²) in [6.07, 6.45) is 0.530. The Morgan fingerprint density at radius 1 is 1.35 bits per heavy atom. The molecule has 2 amide bonds. The summed E-state index contributed by atoms with van der Waals surface area (Å²) in [4.78, 5) is 23.3. The van der Waals surface area contributed by atoms with Crippen molar-refractivity contribution >= 4 is 23.4 Å². The Labute approximate surface area is 123 Å². The zero-order valence-electron chi connectivity index (χ0n) is 11.6. The van der Waals surface area contributed by atoms with E-state index in [0.29, 0.717) is 17.0 Å². The number of hydrogen-bond donors (Lipinski definition) is 3. The number of rotatable bonds is 6. The molecule has 5 nitrogen and oxygen atoms in total. The molecule has 0 spiro atoms. The van der Waals surface area contributed by atoms with Gasteiger partial charge in [-0.2, -0.15) is 0 Å². The average Bonchev–Trinajstić information content (AvgIpc) is 2.42. The summed E-state index contributed by atoms with van der Waals surface area (Å²) >= 11 is 5.78. The lowest BCUT2D eigenvalue weighted by Gasteiger charge is -2.21. The van der Waals surface area contributed by atoms with E-state index in [2.05, 4.69) is 10.6 Å². The van der Waals surface area contributed by atoms with E-state index in [1.54, 1.807) is 25.1 Å². The smallest absolute Gasteiger partial charge is 0.251 e. The number of nitrogens with one attached hydrogen (secondary N) is 2. The summed E-state index contributed by atoms with van der Waals surface area (Å²) in [7, 11) is 0. The summed E-state index contributed by atoms with van der Waals surface area (Å²) in [5, 5.41) is 15.3. The van der Waals surface area contributed by atoms with Crippen molar-refractivity contribution in [3.63, 3.8) is 0 Å².